The first-order chi connectivity index (χ1) is 8.12. The summed E-state index contributed by atoms with van der Waals surface area (Å²) in [6.07, 6.45) is -5.69. The first-order valence-electron chi connectivity index (χ1n) is 4.73. The fourth-order valence-corrected chi connectivity index (χ4v) is 2.70. The Balaban J connectivity index is 2.84. The van der Waals surface area contributed by atoms with Crippen LogP contribution in [-0.4, -0.2) is 21.1 Å². The summed E-state index contributed by atoms with van der Waals surface area (Å²) < 4.78 is 60.8. The second-order valence-electron chi connectivity index (χ2n) is 3.45. The van der Waals surface area contributed by atoms with Gasteiger partial charge in [0.05, 0.1) is 11.4 Å². The zero-order chi connectivity index (χ0) is 14.0. The molecule has 0 atom stereocenters. The minimum absolute atomic E-state index is 0.108. The molecule has 0 unspecified atom stereocenters. The van der Waals surface area contributed by atoms with E-state index in [1.165, 1.54) is 12.1 Å². The third-order valence-electron chi connectivity index (χ3n) is 1.95. The quantitative estimate of drug-likeness (QED) is 0.837. The Morgan fingerprint density at radius 1 is 1.33 bits per heavy atom. The molecule has 0 aliphatic heterocycles. The van der Waals surface area contributed by atoms with Gasteiger partial charge >= 0.3 is 6.18 Å². The predicted octanol–water partition coefficient (Wildman–Crippen LogP) is 2.15. The van der Waals surface area contributed by atoms with Gasteiger partial charge in [-0.25, -0.2) is 13.1 Å². The van der Waals surface area contributed by atoms with Gasteiger partial charge in [-0.3, -0.25) is 0 Å². The van der Waals surface area contributed by atoms with Crippen LogP contribution in [0.3, 0.4) is 0 Å². The summed E-state index contributed by atoms with van der Waals surface area (Å²) in [7, 11) is -4.10. The van der Waals surface area contributed by atoms with Crippen molar-refractivity contribution in [2.24, 2.45) is 0 Å². The van der Waals surface area contributed by atoms with Crippen LogP contribution in [0.5, 0.6) is 0 Å². The Bertz CT molecular complexity index is 531. The molecular formula is C9H10ClF3N2O2S. The Morgan fingerprint density at radius 2 is 1.94 bits per heavy atom. The number of anilines is 1. The molecule has 0 spiro atoms. The van der Waals surface area contributed by atoms with Crippen LogP contribution in [0.2, 0.25) is 5.02 Å². The van der Waals surface area contributed by atoms with Gasteiger partial charge in [-0.2, -0.15) is 13.2 Å². The molecule has 0 aromatic heterocycles. The Kier molecular flexibility index (Phi) is 4.46. The van der Waals surface area contributed by atoms with Crippen molar-refractivity contribution < 1.29 is 21.6 Å². The van der Waals surface area contributed by atoms with Crippen LogP contribution in [-0.2, 0) is 10.0 Å². The van der Waals surface area contributed by atoms with Gasteiger partial charge in [-0.1, -0.05) is 11.6 Å². The average molecular weight is 303 g/mol. The molecular weight excluding hydrogens is 293 g/mol. The predicted molar refractivity (Wildman–Crippen MR) is 61.7 cm³/mol. The Labute approximate surface area is 107 Å². The third-order valence-corrected chi connectivity index (χ3v) is 3.89. The number of hydrogen-bond acceptors (Lipinski definition) is 3. The van der Waals surface area contributed by atoms with E-state index in [1.54, 1.807) is 0 Å². The van der Waals surface area contributed by atoms with Crippen LogP contribution in [0.25, 0.3) is 0 Å². The summed E-state index contributed by atoms with van der Waals surface area (Å²) >= 11 is 5.65. The van der Waals surface area contributed by atoms with Crippen molar-refractivity contribution in [3.05, 3.63) is 23.2 Å². The van der Waals surface area contributed by atoms with Crippen molar-refractivity contribution in [1.29, 1.82) is 0 Å². The molecule has 0 bridgehead atoms. The SMILES string of the molecule is Nc1ccc(Cl)c(S(=O)(=O)NCCC(F)(F)F)c1. The van der Waals surface area contributed by atoms with Gasteiger partial charge in [0.25, 0.3) is 0 Å². The molecule has 18 heavy (non-hydrogen) atoms. The largest absolute Gasteiger partial charge is 0.399 e. The number of sulfonamides is 1. The van der Waals surface area contributed by atoms with Gasteiger partial charge in [0.15, 0.2) is 0 Å². The highest BCUT2D eigenvalue weighted by Gasteiger charge is 2.28. The minimum atomic E-state index is -4.43. The lowest BCUT2D eigenvalue weighted by atomic mass is 10.3. The molecule has 102 valence electrons. The van der Waals surface area contributed by atoms with E-state index in [2.05, 4.69) is 0 Å². The number of halogens is 4. The van der Waals surface area contributed by atoms with Crippen LogP contribution in [0.1, 0.15) is 6.42 Å². The van der Waals surface area contributed by atoms with Crippen molar-refractivity contribution >= 4 is 27.3 Å². The molecule has 0 radical (unpaired) electrons. The lowest BCUT2D eigenvalue weighted by Gasteiger charge is -2.10. The van der Waals surface area contributed by atoms with E-state index in [-0.39, 0.29) is 15.6 Å². The lowest BCUT2D eigenvalue weighted by molar-refractivity contribution is -0.132. The molecule has 1 rings (SSSR count). The number of nitrogens with two attached hydrogens (primary N) is 1. The summed E-state index contributed by atoms with van der Waals surface area (Å²) in [6, 6.07) is 3.73. The van der Waals surface area contributed by atoms with Crippen molar-refractivity contribution in [2.75, 3.05) is 12.3 Å². The van der Waals surface area contributed by atoms with E-state index in [1.807, 2.05) is 4.72 Å². The third kappa shape index (κ3) is 4.35. The number of alkyl halides is 3. The molecule has 0 aliphatic carbocycles. The topological polar surface area (TPSA) is 72.2 Å². The average Bonchev–Trinajstić information content (AvgIpc) is 2.19. The van der Waals surface area contributed by atoms with Crippen LogP contribution >= 0.6 is 11.6 Å². The van der Waals surface area contributed by atoms with Gasteiger partial charge in [-0.05, 0) is 18.2 Å². The maximum absolute atomic E-state index is 11.9. The first kappa shape index (κ1) is 15.1. The van der Waals surface area contributed by atoms with Crippen molar-refractivity contribution in [3.8, 4) is 0 Å². The monoisotopic (exact) mass is 302 g/mol. The molecule has 4 nitrogen and oxygen atoms in total. The molecule has 0 saturated heterocycles. The van der Waals surface area contributed by atoms with Crippen LogP contribution < -0.4 is 10.5 Å². The maximum atomic E-state index is 11.9. The highest BCUT2D eigenvalue weighted by atomic mass is 35.5. The van der Waals surface area contributed by atoms with Crippen LogP contribution in [0, 0.1) is 0 Å². The normalized spacial score (nSPS) is 12.7. The molecule has 0 amide bonds. The summed E-state index contributed by atoms with van der Waals surface area (Å²) in [5.41, 5.74) is 5.54. The number of nitrogens with one attached hydrogen (secondary N) is 1. The molecule has 9 heteroatoms. The second-order valence-corrected chi connectivity index (χ2v) is 5.60. The number of rotatable bonds is 4. The Morgan fingerprint density at radius 3 is 2.50 bits per heavy atom. The van der Waals surface area contributed by atoms with E-state index in [0.717, 1.165) is 6.07 Å². The molecule has 0 heterocycles. The van der Waals surface area contributed by atoms with Crippen molar-refractivity contribution in [2.45, 2.75) is 17.5 Å². The summed E-state index contributed by atoms with van der Waals surface area (Å²) in [5.74, 6) is 0. The van der Waals surface area contributed by atoms with E-state index in [9.17, 15) is 21.6 Å². The number of benzene rings is 1. The van der Waals surface area contributed by atoms with Gasteiger partial charge < -0.3 is 5.73 Å². The summed E-state index contributed by atoms with van der Waals surface area (Å²) in [5, 5.41) is -0.108. The van der Waals surface area contributed by atoms with Crippen molar-refractivity contribution in [3.63, 3.8) is 0 Å². The van der Waals surface area contributed by atoms with Gasteiger partial charge in [-0.15, -0.1) is 0 Å². The van der Waals surface area contributed by atoms with Crippen LogP contribution in [0.15, 0.2) is 23.1 Å². The minimum Gasteiger partial charge on any atom is -0.399 e. The Hall–Kier alpha value is -0.990. The number of nitrogen functional groups attached to an aromatic ring is 1. The van der Waals surface area contributed by atoms with Crippen LogP contribution in [0.4, 0.5) is 18.9 Å². The fourth-order valence-electron chi connectivity index (χ4n) is 1.13. The molecule has 0 saturated carbocycles. The molecule has 3 N–H and O–H groups in total. The van der Waals surface area contributed by atoms with E-state index >= 15 is 0 Å². The highest BCUT2D eigenvalue weighted by Crippen LogP contribution is 2.24. The molecule has 1 aromatic rings. The van der Waals surface area contributed by atoms with E-state index in [4.69, 9.17) is 17.3 Å². The van der Waals surface area contributed by atoms with Gasteiger partial charge in [0, 0.05) is 12.2 Å². The van der Waals surface area contributed by atoms with Crippen molar-refractivity contribution in [1.82, 2.24) is 4.72 Å². The lowest BCUT2D eigenvalue weighted by Crippen LogP contribution is -2.28. The second kappa shape index (κ2) is 5.33. The van der Waals surface area contributed by atoms with E-state index < -0.39 is 29.2 Å². The standard InChI is InChI=1S/C9H10ClF3N2O2S/c10-7-2-1-6(14)5-8(7)18(16,17)15-4-3-9(11,12)13/h1-2,5,15H,3-4,14H2. The van der Waals surface area contributed by atoms with Gasteiger partial charge in [0.2, 0.25) is 10.0 Å². The number of hydrogen-bond donors (Lipinski definition) is 2. The molecule has 0 aliphatic rings. The van der Waals surface area contributed by atoms with E-state index in [0.29, 0.717) is 0 Å². The molecule has 0 fully saturated rings. The zero-order valence-corrected chi connectivity index (χ0v) is 10.5. The summed E-state index contributed by atoms with van der Waals surface area (Å²) in [6.45, 7) is -0.753. The highest BCUT2D eigenvalue weighted by molar-refractivity contribution is 7.89. The zero-order valence-electron chi connectivity index (χ0n) is 8.96. The summed E-state index contributed by atoms with van der Waals surface area (Å²) in [4.78, 5) is -0.341. The first-order valence-corrected chi connectivity index (χ1v) is 6.59. The van der Waals surface area contributed by atoms with Gasteiger partial charge in [0.1, 0.15) is 4.90 Å². The maximum Gasteiger partial charge on any atom is 0.390 e. The fraction of sp³-hybridized carbons (Fsp3) is 0.333. The smallest absolute Gasteiger partial charge is 0.390 e. The molecule has 1 aromatic carbocycles.